The van der Waals surface area contributed by atoms with Crippen LogP contribution >= 0.6 is 0 Å². The van der Waals surface area contributed by atoms with Crippen molar-refractivity contribution in [1.82, 2.24) is 20.2 Å². The molecule has 3 heterocycles. The maximum absolute atomic E-state index is 14.0. The molecule has 2 saturated heterocycles. The number of rotatable bonds is 7. The van der Waals surface area contributed by atoms with Gasteiger partial charge in [-0.25, -0.2) is 9.78 Å². The Labute approximate surface area is 262 Å². The zero-order valence-corrected chi connectivity index (χ0v) is 25.7. The van der Waals surface area contributed by atoms with Crippen LogP contribution in [-0.2, 0) is 14.3 Å². The second-order valence-corrected chi connectivity index (χ2v) is 11.9. The van der Waals surface area contributed by atoms with Gasteiger partial charge in [-0.1, -0.05) is 48.5 Å². The van der Waals surface area contributed by atoms with E-state index < -0.39 is 12.1 Å². The molecule has 2 aliphatic rings. The maximum Gasteiger partial charge on any atom is 0.407 e. The molecule has 10 nitrogen and oxygen atoms in total. The normalized spacial score (nSPS) is 19.9. The first kappa shape index (κ1) is 30.2. The molecule has 0 unspecified atom stereocenters. The number of carbonyl (C=O) groups excluding carboxylic acids is 2. The smallest absolute Gasteiger partial charge is 0.407 e. The number of alkyl carbamates (subject to hydrolysis) is 1. The van der Waals surface area contributed by atoms with Crippen molar-refractivity contribution >= 4 is 28.5 Å². The van der Waals surface area contributed by atoms with E-state index in [1.165, 1.54) is 13.3 Å². The molecule has 6 rings (SSSR count). The van der Waals surface area contributed by atoms with Crippen LogP contribution in [0.1, 0.15) is 50.0 Å². The van der Waals surface area contributed by atoms with Gasteiger partial charge in [0.25, 0.3) is 0 Å². The van der Waals surface area contributed by atoms with Crippen molar-refractivity contribution in [2.75, 3.05) is 20.3 Å². The largest absolute Gasteiger partial charge is 0.453 e. The van der Waals surface area contributed by atoms with Crippen molar-refractivity contribution in [3.05, 3.63) is 84.4 Å². The van der Waals surface area contributed by atoms with Crippen molar-refractivity contribution < 1.29 is 19.1 Å². The topological polar surface area (TPSA) is 149 Å². The number of amides is 2. The number of imidazole rings is 1. The molecule has 3 aromatic carbocycles. The maximum atomic E-state index is 14.0. The predicted octanol–water partition coefficient (Wildman–Crippen LogP) is 5.32. The van der Waals surface area contributed by atoms with Crippen molar-refractivity contribution in [3.8, 4) is 22.4 Å². The lowest BCUT2D eigenvalue weighted by Gasteiger charge is -2.36. The molecule has 0 bridgehead atoms. The number of nitrogens with zero attached hydrogens (tertiary/aromatic N) is 2. The summed E-state index contributed by atoms with van der Waals surface area (Å²) in [6.07, 6.45) is 5.69. The second kappa shape index (κ2) is 13.0. The molecule has 0 radical (unpaired) electrons. The van der Waals surface area contributed by atoms with E-state index in [-0.39, 0.29) is 23.9 Å². The van der Waals surface area contributed by atoms with Crippen LogP contribution < -0.4 is 16.8 Å². The molecule has 1 aromatic heterocycles. The highest BCUT2D eigenvalue weighted by Gasteiger charge is 2.43. The van der Waals surface area contributed by atoms with Crippen LogP contribution in [0.5, 0.6) is 0 Å². The van der Waals surface area contributed by atoms with Gasteiger partial charge in [0.05, 0.1) is 30.7 Å². The number of nitrogens with two attached hydrogens (primary N) is 2. The molecular formula is C35H40N6O4. The number of fused-ring (bicyclic) bond motifs is 1. The molecular weight excluding hydrogens is 568 g/mol. The minimum atomic E-state index is -0.676. The minimum absolute atomic E-state index is 0.0140. The fourth-order valence-corrected chi connectivity index (χ4v) is 6.60. The Morgan fingerprint density at radius 3 is 2.42 bits per heavy atom. The van der Waals surface area contributed by atoms with E-state index in [0.717, 1.165) is 57.4 Å². The summed E-state index contributed by atoms with van der Waals surface area (Å²) in [4.78, 5) is 36.4. The Hall–Kier alpha value is -4.83. The summed E-state index contributed by atoms with van der Waals surface area (Å²) < 4.78 is 10.4. The van der Waals surface area contributed by atoms with Gasteiger partial charge in [0.15, 0.2) is 0 Å². The summed E-state index contributed by atoms with van der Waals surface area (Å²) in [5, 5.41) is 5.04. The third-order valence-electron chi connectivity index (χ3n) is 9.18. The van der Waals surface area contributed by atoms with Crippen molar-refractivity contribution in [2.24, 2.45) is 17.4 Å². The lowest BCUT2D eigenvalue weighted by Crippen LogP contribution is -2.54. The Bertz CT molecular complexity index is 1710. The summed E-state index contributed by atoms with van der Waals surface area (Å²) in [5.74, 6) is 0.627. The first-order valence-electron chi connectivity index (χ1n) is 15.5. The number of aromatic amines is 1. The number of H-pyrrole nitrogens is 1. The third-order valence-corrected chi connectivity index (χ3v) is 9.18. The Morgan fingerprint density at radius 1 is 1.00 bits per heavy atom. The summed E-state index contributed by atoms with van der Waals surface area (Å²) >= 11 is 0. The van der Waals surface area contributed by atoms with Gasteiger partial charge in [-0.05, 0) is 83.7 Å². The lowest BCUT2D eigenvalue weighted by atomic mass is 9.90. The molecule has 6 N–H and O–H groups in total. The predicted molar refractivity (Wildman–Crippen MR) is 174 cm³/mol. The number of nitrogens with one attached hydrogen (secondary N) is 2. The first-order valence-corrected chi connectivity index (χ1v) is 15.5. The average molecular weight is 609 g/mol. The minimum Gasteiger partial charge on any atom is -0.453 e. The van der Waals surface area contributed by atoms with Gasteiger partial charge in [0.2, 0.25) is 5.91 Å². The third kappa shape index (κ3) is 6.23. The van der Waals surface area contributed by atoms with Crippen LogP contribution in [0.15, 0.2) is 73.1 Å². The van der Waals surface area contributed by atoms with Crippen LogP contribution in [0, 0.1) is 5.92 Å². The quantitative estimate of drug-likeness (QED) is 0.222. The van der Waals surface area contributed by atoms with Gasteiger partial charge in [-0.2, -0.15) is 0 Å². The number of likely N-dealkylation sites (tertiary alicyclic amines) is 1. The molecule has 2 amide bonds. The molecule has 0 saturated carbocycles. The highest BCUT2D eigenvalue weighted by atomic mass is 16.5. The van der Waals surface area contributed by atoms with E-state index in [0.29, 0.717) is 31.8 Å². The summed E-state index contributed by atoms with van der Waals surface area (Å²) in [6.45, 7) is 3.19. The van der Waals surface area contributed by atoms with Crippen LogP contribution in [0.2, 0.25) is 0 Å². The summed E-state index contributed by atoms with van der Waals surface area (Å²) in [6, 6.07) is 19.9. The van der Waals surface area contributed by atoms with Crippen LogP contribution in [0.25, 0.3) is 38.9 Å². The van der Waals surface area contributed by atoms with E-state index in [1.807, 2.05) is 23.2 Å². The monoisotopic (exact) mass is 608 g/mol. The van der Waals surface area contributed by atoms with E-state index >= 15 is 0 Å². The standard InChI is InChI=1S/C35H40N6O4/c1-21-3-12-31(41(21)34(42)32(40-35(43)44-2)24-13-15-45-16-14-24)33-38-20-30(39-33)23-6-4-22(5-7-23)25-8-9-27-18-28(29(37)19-36)11-10-26(27)17-25/h4-11,17-21,24,31-32H,3,12-16,36-37H2,1-2H3,(H,38,39)(H,40,43)/b29-19-/t21-,31-,32-/m0/s1. The number of hydrogen-bond acceptors (Lipinski definition) is 7. The molecule has 0 spiro atoms. The fraction of sp³-hybridized carbons (Fsp3) is 0.343. The van der Waals surface area contributed by atoms with E-state index in [4.69, 9.17) is 25.9 Å². The van der Waals surface area contributed by atoms with Crippen molar-refractivity contribution in [3.63, 3.8) is 0 Å². The molecule has 234 valence electrons. The van der Waals surface area contributed by atoms with Gasteiger partial charge in [0, 0.05) is 25.5 Å². The van der Waals surface area contributed by atoms with Crippen LogP contribution in [-0.4, -0.2) is 59.3 Å². The van der Waals surface area contributed by atoms with Crippen molar-refractivity contribution in [1.29, 1.82) is 0 Å². The number of ether oxygens (including phenoxy) is 2. The summed E-state index contributed by atoms with van der Waals surface area (Å²) in [5.41, 5.74) is 17.1. The van der Waals surface area contributed by atoms with Crippen LogP contribution in [0.3, 0.4) is 0 Å². The Morgan fingerprint density at radius 2 is 1.69 bits per heavy atom. The number of carbonyl (C=O) groups is 2. The first-order chi connectivity index (χ1) is 21.9. The zero-order valence-electron chi connectivity index (χ0n) is 25.7. The van der Waals surface area contributed by atoms with Gasteiger partial charge < -0.3 is 36.1 Å². The molecule has 2 fully saturated rings. The molecule has 10 heteroatoms. The van der Waals surface area contributed by atoms with Gasteiger partial charge in [-0.3, -0.25) is 4.79 Å². The molecule has 3 atom stereocenters. The van der Waals surface area contributed by atoms with E-state index in [1.54, 1.807) is 0 Å². The Balaban J connectivity index is 1.20. The number of hydrogen-bond donors (Lipinski definition) is 4. The van der Waals surface area contributed by atoms with Gasteiger partial charge >= 0.3 is 6.09 Å². The fourth-order valence-electron chi connectivity index (χ4n) is 6.60. The van der Waals surface area contributed by atoms with E-state index in [9.17, 15) is 9.59 Å². The average Bonchev–Trinajstić information content (AvgIpc) is 3.73. The number of methoxy groups -OCH3 is 1. The number of aromatic nitrogens is 2. The van der Waals surface area contributed by atoms with Gasteiger partial charge in [-0.15, -0.1) is 0 Å². The lowest BCUT2D eigenvalue weighted by molar-refractivity contribution is -0.138. The molecule has 2 aliphatic heterocycles. The second-order valence-electron chi connectivity index (χ2n) is 11.9. The van der Waals surface area contributed by atoms with E-state index in [2.05, 4.69) is 65.8 Å². The SMILES string of the molecule is COC(=O)N[C@H](C(=O)N1[C@@H](C)CC[C@H]1c1ncc(-c2ccc(-c3ccc4cc(/C(N)=C/N)ccc4c3)cc2)[nH]1)C1CCOCC1. The molecule has 4 aromatic rings. The molecule has 0 aliphatic carbocycles. The summed E-state index contributed by atoms with van der Waals surface area (Å²) in [7, 11) is 1.31. The van der Waals surface area contributed by atoms with Gasteiger partial charge in [0.1, 0.15) is 11.9 Å². The molecule has 45 heavy (non-hydrogen) atoms. The highest BCUT2D eigenvalue weighted by molar-refractivity contribution is 5.90. The highest BCUT2D eigenvalue weighted by Crippen LogP contribution is 2.37. The number of benzene rings is 3. The Kier molecular flexibility index (Phi) is 8.75. The zero-order chi connectivity index (χ0) is 31.5. The van der Waals surface area contributed by atoms with Crippen molar-refractivity contribution in [2.45, 2.75) is 50.7 Å². The van der Waals surface area contributed by atoms with Crippen LogP contribution in [0.4, 0.5) is 4.79 Å².